The molecule has 2 rings (SSSR count). The van der Waals surface area contributed by atoms with E-state index < -0.39 is 0 Å². The molecule has 0 aliphatic rings. The van der Waals surface area contributed by atoms with Gasteiger partial charge in [-0.1, -0.05) is 0 Å². The summed E-state index contributed by atoms with van der Waals surface area (Å²) in [5.74, 6) is 0.871. The highest BCUT2D eigenvalue weighted by molar-refractivity contribution is 5.53. The van der Waals surface area contributed by atoms with E-state index in [-0.39, 0.29) is 6.61 Å². The minimum Gasteiger partial charge on any atom is -0.399 e. The van der Waals surface area contributed by atoms with Gasteiger partial charge in [0.2, 0.25) is 0 Å². The fourth-order valence-electron chi connectivity index (χ4n) is 1.67. The molecule has 1 heterocycles. The van der Waals surface area contributed by atoms with Gasteiger partial charge < -0.3 is 20.7 Å². The van der Waals surface area contributed by atoms with Gasteiger partial charge in [0.25, 0.3) is 0 Å². The number of rotatable bonds is 5. The van der Waals surface area contributed by atoms with E-state index in [1.54, 1.807) is 12.4 Å². The zero-order valence-corrected chi connectivity index (χ0v) is 9.50. The Kier molecular flexibility index (Phi) is 3.62. The first-order valence-corrected chi connectivity index (χ1v) is 5.49. The minimum absolute atomic E-state index is 0.102. The molecule has 5 heteroatoms. The second kappa shape index (κ2) is 5.36. The Morgan fingerprint density at radius 3 is 2.65 bits per heavy atom. The van der Waals surface area contributed by atoms with Crippen LogP contribution in [0.3, 0.4) is 0 Å². The third-order valence-corrected chi connectivity index (χ3v) is 2.52. The van der Waals surface area contributed by atoms with Crippen LogP contribution >= 0.6 is 0 Å². The van der Waals surface area contributed by atoms with E-state index in [1.165, 1.54) is 0 Å². The SMILES string of the molecule is Nc1ccc(N(CCO)Cc2ncc[nH]2)cc1. The molecular formula is C12H16N4O. The molecule has 0 aliphatic heterocycles. The van der Waals surface area contributed by atoms with Gasteiger partial charge in [0, 0.05) is 30.3 Å². The number of hydrogen-bond acceptors (Lipinski definition) is 4. The molecule has 0 aliphatic carbocycles. The number of imidazole rings is 1. The van der Waals surface area contributed by atoms with Crippen molar-refractivity contribution in [2.24, 2.45) is 0 Å². The quantitative estimate of drug-likeness (QED) is 0.672. The average molecular weight is 232 g/mol. The molecule has 0 saturated heterocycles. The van der Waals surface area contributed by atoms with Gasteiger partial charge >= 0.3 is 0 Å². The number of H-pyrrole nitrogens is 1. The van der Waals surface area contributed by atoms with E-state index in [4.69, 9.17) is 10.8 Å². The highest BCUT2D eigenvalue weighted by atomic mass is 16.3. The number of aromatic amines is 1. The fourth-order valence-corrected chi connectivity index (χ4v) is 1.67. The Hall–Kier alpha value is -2.01. The summed E-state index contributed by atoms with van der Waals surface area (Å²) < 4.78 is 0. The molecule has 0 radical (unpaired) electrons. The molecule has 0 atom stereocenters. The van der Waals surface area contributed by atoms with Crippen LogP contribution in [0.2, 0.25) is 0 Å². The van der Waals surface area contributed by atoms with Crippen molar-refractivity contribution in [3.05, 3.63) is 42.5 Å². The molecule has 17 heavy (non-hydrogen) atoms. The maximum Gasteiger partial charge on any atom is 0.125 e. The largest absolute Gasteiger partial charge is 0.399 e. The fraction of sp³-hybridized carbons (Fsp3) is 0.250. The van der Waals surface area contributed by atoms with E-state index >= 15 is 0 Å². The van der Waals surface area contributed by atoms with E-state index in [9.17, 15) is 0 Å². The van der Waals surface area contributed by atoms with Crippen molar-refractivity contribution >= 4 is 11.4 Å². The van der Waals surface area contributed by atoms with E-state index in [2.05, 4.69) is 9.97 Å². The van der Waals surface area contributed by atoms with Crippen LogP contribution in [-0.2, 0) is 6.54 Å². The van der Waals surface area contributed by atoms with Crippen LogP contribution in [0, 0.1) is 0 Å². The van der Waals surface area contributed by atoms with Crippen molar-refractivity contribution in [2.75, 3.05) is 23.8 Å². The predicted molar refractivity (Wildman–Crippen MR) is 67.6 cm³/mol. The number of benzene rings is 1. The molecule has 0 unspecified atom stereocenters. The summed E-state index contributed by atoms with van der Waals surface area (Å²) in [6.45, 7) is 1.30. The molecule has 0 spiro atoms. The molecule has 0 bridgehead atoms. The molecule has 0 amide bonds. The smallest absolute Gasteiger partial charge is 0.125 e. The summed E-state index contributed by atoms with van der Waals surface area (Å²) in [5.41, 5.74) is 7.40. The van der Waals surface area contributed by atoms with E-state index in [1.807, 2.05) is 29.2 Å². The molecule has 1 aromatic carbocycles. The molecule has 5 nitrogen and oxygen atoms in total. The molecular weight excluding hydrogens is 216 g/mol. The Morgan fingerprint density at radius 2 is 2.06 bits per heavy atom. The number of anilines is 2. The average Bonchev–Trinajstić information content (AvgIpc) is 2.82. The monoisotopic (exact) mass is 232 g/mol. The lowest BCUT2D eigenvalue weighted by Crippen LogP contribution is -2.26. The van der Waals surface area contributed by atoms with E-state index in [0.29, 0.717) is 13.1 Å². The van der Waals surface area contributed by atoms with Gasteiger partial charge in [-0.25, -0.2) is 4.98 Å². The van der Waals surface area contributed by atoms with Crippen molar-refractivity contribution in [1.82, 2.24) is 9.97 Å². The number of nitrogens with zero attached hydrogens (tertiary/aromatic N) is 2. The van der Waals surface area contributed by atoms with Crippen LogP contribution in [0.4, 0.5) is 11.4 Å². The third kappa shape index (κ3) is 2.98. The lowest BCUT2D eigenvalue weighted by Gasteiger charge is -2.22. The van der Waals surface area contributed by atoms with Crippen molar-refractivity contribution < 1.29 is 5.11 Å². The molecule has 1 aromatic heterocycles. The van der Waals surface area contributed by atoms with Crippen LogP contribution in [0.25, 0.3) is 0 Å². The van der Waals surface area contributed by atoms with Gasteiger partial charge in [-0.05, 0) is 24.3 Å². The van der Waals surface area contributed by atoms with Crippen molar-refractivity contribution in [3.8, 4) is 0 Å². The Labute approximate surface area is 99.9 Å². The first kappa shape index (κ1) is 11.5. The van der Waals surface area contributed by atoms with Crippen LogP contribution in [-0.4, -0.2) is 28.2 Å². The lowest BCUT2D eigenvalue weighted by atomic mass is 10.2. The normalized spacial score (nSPS) is 10.4. The van der Waals surface area contributed by atoms with Crippen molar-refractivity contribution in [3.63, 3.8) is 0 Å². The van der Waals surface area contributed by atoms with E-state index in [0.717, 1.165) is 17.2 Å². The summed E-state index contributed by atoms with van der Waals surface area (Å²) in [6, 6.07) is 7.57. The number of aliphatic hydroxyl groups is 1. The van der Waals surface area contributed by atoms with Crippen LogP contribution < -0.4 is 10.6 Å². The van der Waals surface area contributed by atoms with Crippen LogP contribution in [0.15, 0.2) is 36.7 Å². The number of nitrogens with one attached hydrogen (secondary N) is 1. The van der Waals surface area contributed by atoms with Crippen LogP contribution in [0.5, 0.6) is 0 Å². The Bertz CT molecular complexity index is 438. The summed E-state index contributed by atoms with van der Waals surface area (Å²) in [6.07, 6.45) is 3.50. The number of nitrogen functional groups attached to an aromatic ring is 1. The van der Waals surface area contributed by atoms with Gasteiger partial charge in [0.05, 0.1) is 13.2 Å². The van der Waals surface area contributed by atoms with Gasteiger partial charge in [0.15, 0.2) is 0 Å². The highest BCUT2D eigenvalue weighted by Gasteiger charge is 2.07. The first-order valence-electron chi connectivity index (χ1n) is 5.49. The topological polar surface area (TPSA) is 78.2 Å². The Balaban J connectivity index is 2.13. The van der Waals surface area contributed by atoms with Crippen molar-refractivity contribution in [1.29, 1.82) is 0 Å². The second-order valence-electron chi connectivity index (χ2n) is 3.77. The summed E-state index contributed by atoms with van der Waals surface area (Å²) in [4.78, 5) is 9.27. The van der Waals surface area contributed by atoms with Crippen molar-refractivity contribution in [2.45, 2.75) is 6.54 Å². The minimum atomic E-state index is 0.102. The third-order valence-electron chi connectivity index (χ3n) is 2.52. The maximum atomic E-state index is 9.08. The Morgan fingerprint density at radius 1 is 1.29 bits per heavy atom. The summed E-state index contributed by atoms with van der Waals surface area (Å²) >= 11 is 0. The lowest BCUT2D eigenvalue weighted by molar-refractivity contribution is 0.301. The number of nitrogens with two attached hydrogens (primary N) is 1. The first-order chi connectivity index (χ1) is 8.29. The molecule has 4 N–H and O–H groups in total. The zero-order chi connectivity index (χ0) is 12.1. The zero-order valence-electron chi connectivity index (χ0n) is 9.50. The standard InChI is InChI=1S/C12H16N4O/c13-10-1-3-11(4-2-10)16(7-8-17)9-12-14-5-6-15-12/h1-6,17H,7-9,13H2,(H,14,15). The highest BCUT2D eigenvalue weighted by Crippen LogP contribution is 2.17. The second-order valence-corrected chi connectivity index (χ2v) is 3.77. The number of aliphatic hydroxyl groups excluding tert-OH is 1. The van der Waals surface area contributed by atoms with Gasteiger partial charge in [-0.2, -0.15) is 0 Å². The van der Waals surface area contributed by atoms with Gasteiger partial charge in [0.1, 0.15) is 5.82 Å². The predicted octanol–water partition coefficient (Wildman–Crippen LogP) is 0.991. The summed E-state index contributed by atoms with van der Waals surface area (Å²) in [7, 11) is 0. The molecule has 0 fully saturated rings. The van der Waals surface area contributed by atoms with Crippen LogP contribution in [0.1, 0.15) is 5.82 Å². The molecule has 0 saturated carbocycles. The van der Waals surface area contributed by atoms with Gasteiger partial charge in [-0.15, -0.1) is 0 Å². The molecule has 90 valence electrons. The molecule has 2 aromatic rings. The summed E-state index contributed by atoms with van der Waals surface area (Å²) in [5, 5.41) is 9.08. The maximum absolute atomic E-state index is 9.08. The number of hydrogen-bond donors (Lipinski definition) is 3. The number of aromatic nitrogens is 2. The van der Waals surface area contributed by atoms with Gasteiger partial charge in [-0.3, -0.25) is 0 Å².